The van der Waals surface area contributed by atoms with Crippen molar-refractivity contribution in [3.8, 4) is 29.4 Å². The van der Waals surface area contributed by atoms with Gasteiger partial charge in [-0.05, 0) is 91.4 Å². The maximum atomic E-state index is 11.3. The van der Waals surface area contributed by atoms with Crippen molar-refractivity contribution in [2.24, 2.45) is 0 Å². The number of benzene rings is 2. The fraction of sp³-hybridized carbons (Fsp3) is 0.129. The standard InChI is InChI=1S/C31H24N2O3S/c1-3-29(31(34)35)36-30-15-14-27(18-22(30)2)37-28-20-23(10-12-25-8-4-6-16-32-25)19-24(21-28)11-13-26-9-5-7-17-33-26/h4-9,14-21,29H,3H2,1-2H3,(H,34,35). The van der Waals surface area contributed by atoms with Crippen molar-refractivity contribution in [2.75, 3.05) is 0 Å². The Bertz CT molecular complexity index is 1440. The molecule has 0 spiro atoms. The van der Waals surface area contributed by atoms with E-state index in [9.17, 15) is 9.90 Å². The summed E-state index contributed by atoms with van der Waals surface area (Å²) in [5.74, 6) is 12.2. The Morgan fingerprint density at radius 3 is 1.97 bits per heavy atom. The van der Waals surface area contributed by atoms with Crippen molar-refractivity contribution in [3.63, 3.8) is 0 Å². The number of carboxylic acid groups (broad SMARTS) is 1. The third kappa shape index (κ3) is 7.48. The number of hydrogen-bond donors (Lipinski definition) is 1. The number of hydrogen-bond acceptors (Lipinski definition) is 5. The molecule has 182 valence electrons. The number of aromatic nitrogens is 2. The molecule has 0 saturated carbocycles. The molecule has 0 amide bonds. The lowest BCUT2D eigenvalue weighted by atomic mass is 10.1. The van der Waals surface area contributed by atoms with Crippen LogP contribution >= 0.6 is 11.8 Å². The summed E-state index contributed by atoms with van der Waals surface area (Å²) in [6.45, 7) is 3.70. The highest BCUT2D eigenvalue weighted by atomic mass is 32.2. The predicted octanol–water partition coefficient (Wildman–Crippen LogP) is 5.98. The first-order valence-corrected chi connectivity index (χ1v) is 12.5. The SMILES string of the molecule is CCC(Oc1ccc(Sc2cc(C#Cc3ccccn3)cc(C#Cc3ccccn3)c2)cc1C)C(=O)O. The molecule has 37 heavy (non-hydrogen) atoms. The van der Waals surface area contributed by atoms with Crippen LogP contribution in [-0.2, 0) is 4.79 Å². The van der Waals surface area contributed by atoms with Gasteiger partial charge in [0.1, 0.15) is 17.1 Å². The van der Waals surface area contributed by atoms with Crippen molar-refractivity contribution >= 4 is 17.7 Å². The summed E-state index contributed by atoms with van der Waals surface area (Å²) >= 11 is 1.57. The van der Waals surface area contributed by atoms with Crippen LogP contribution in [0, 0.1) is 30.6 Å². The summed E-state index contributed by atoms with van der Waals surface area (Å²) in [7, 11) is 0. The van der Waals surface area contributed by atoms with Gasteiger partial charge < -0.3 is 9.84 Å². The fourth-order valence-corrected chi connectivity index (χ4v) is 4.38. The first-order valence-electron chi connectivity index (χ1n) is 11.7. The molecule has 0 aliphatic rings. The Balaban J connectivity index is 1.63. The molecule has 6 heteroatoms. The van der Waals surface area contributed by atoms with E-state index in [2.05, 4.69) is 33.6 Å². The molecule has 0 bridgehead atoms. The number of carboxylic acids is 1. The minimum atomic E-state index is -0.969. The van der Waals surface area contributed by atoms with Crippen molar-refractivity contribution in [1.82, 2.24) is 9.97 Å². The smallest absolute Gasteiger partial charge is 0.344 e. The highest BCUT2D eigenvalue weighted by molar-refractivity contribution is 7.99. The number of ether oxygens (including phenoxy) is 1. The van der Waals surface area contributed by atoms with E-state index in [1.54, 1.807) is 31.1 Å². The number of aryl methyl sites for hydroxylation is 1. The molecule has 4 aromatic rings. The van der Waals surface area contributed by atoms with Gasteiger partial charge in [0, 0.05) is 33.3 Å². The number of nitrogens with zero attached hydrogens (tertiary/aromatic N) is 2. The summed E-state index contributed by atoms with van der Waals surface area (Å²) in [5, 5.41) is 9.30. The van der Waals surface area contributed by atoms with E-state index in [4.69, 9.17) is 4.74 Å². The lowest BCUT2D eigenvalue weighted by molar-refractivity contribution is -0.145. The molecular formula is C31H24N2O3S. The molecule has 0 radical (unpaired) electrons. The van der Waals surface area contributed by atoms with Crippen LogP contribution < -0.4 is 4.74 Å². The van der Waals surface area contributed by atoms with E-state index in [-0.39, 0.29) is 0 Å². The first kappa shape index (κ1) is 25.6. The van der Waals surface area contributed by atoms with E-state index in [1.165, 1.54) is 0 Å². The fourth-order valence-electron chi connectivity index (χ4n) is 3.36. The van der Waals surface area contributed by atoms with E-state index >= 15 is 0 Å². The number of carbonyl (C=O) groups is 1. The number of rotatable bonds is 6. The van der Waals surface area contributed by atoms with Gasteiger partial charge in [0.25, 0.3) is 0 Å². The second-order valence-electron chi connectivity index (χ2n) is 8.06. The van der Waals surface area contributed by atoms with Gasteiger partial charge >= 0.3 is 5.97 Å². The van der Waals surface area contributed by atoms with E-state index < -0.39 is 12.1 Å². The van der Waals surface area contributed by atoms with Crippen LogP contribution in [0.4, 0.5) is 0 Å². The second kappa shape index (κ2) is 12.4. The molecule has 2 aromatic heterocycles. The maximum Gasteiger partial charge on any atom is 0.344 e. The summed E-state index contributed by atoms with van der Waals surface area (Å²) < 4.78 is 5.69. The average molecular weight is 505 g/mol. The van der Waals surface area contributed by atoms with Gasteiger partial charge in [-0.2, -0.15) is 0 Å². The summed E-state index contributed by atoms with van der Waals surface area (Å²) in [6.07, 6.45) is 2.95. The van der Waals surface area contributed by atoms with E-state index in [0.717, 1.165) is 26.5 Å². The van der Waals surface area contributed by atoms with E-state index in [0.29, 0.717) is 23.6 Å². The first-order chi connectivity index (χ1) is 18.0. The Morgan fingerprint density at radius 1 is 0.865 bits per heavy atom. The Kier molecular flexibility index (Phi) is 8.60. The van der Waals surface area contributed by atoms with Crippen molar-refractivity contribution < 1.29 is 14.6 Å². The highest BCUT2D eigenvalue weighted by Gasteiger charge is 2.17. The van der Waals surface area contributed by atoms with Gasteiger partial charge in [-0.25, -0.2) is 14.8 Å². The number of aliphatic carboxylic acids is 1. The van der Waals surface area contributed by atoms with Gasteiger partial charge in [-0.3, -0.25) is 0 Å². The third-order valence-corrected chi connectivity index (χ3v) is 6.16. The monoisotopic (exact) mass is 504 g/mol. The summed E-state index contributed by atoms with van der Waals surface area (Å²) in [6, 6.07) is 23.0. The molecular weight excluding hydrogens is 480 g/mol. The van der Waals surface area contributed by atoms with Crippen LogP contribution in [0.15, 0.2) is 95.0 Å². The van der Waals surface area contributed by atoms with E-state index in [1.807, 2.05) is 79.7 Å². The zero-order valence-corrected chi connectivity index (χ0v) is 21.3. The van der Waals surface area contributed by atoms with Crippen LogP contribution in [-0.4, -0.2) is 27.1 Å². The lowest BCUT2D eigenvalue weighted by Crippen LogP contribution is -2.26. The van der Waals surface area contributed by atoms with Crippen molar-refractivity contribution in [3.05, 3.63) is 113 Å². The maximum absolute atomic E-state index is 11.3. The molecule has 2 aromatic carbocycles. The second-order valence-corrected chi connectivity index (χ2v) is 9.21. The molecule has 0 aliphatic carbocycles. The van der Waals surface area contributed by atoms with Crippen LogP contribution in [0.3, 0.4) is 0 Å². The molecule has 0 saturated heterocycles. The van der Waals surface area contributed by atoms with Crippen LogP contribution in [0.5, 0.6) is 5.75 Å². The molecule has 1 N–H and O–H groups in total. The lowest BCUT2D eigenvalue weighted by Gasteiger charge is -2.15. The molecule has 5 nitrogen and oxygen atoms in total. The minimum Gasteiger partial charge on any atom is -0.479 e. The van der Waals surface area contributed by atoms with Gasteiger partial charge in [0.05, 0.1) is 0 Å². The van der Waals surface area contributed by atoms with Crippen molar-refractivity contribution in [2.45, 2.75) is 36.2 Å². The van der Waals surface area contributed by atoms with Crippen LogP contribution in [0.1, 0.15) is 41.4 Å². The van der Waals surface area contributed by atoms with Crippen molar-refractivity contribution in [1.29, 1.82) is 0 Å². The van der Waals surface area contributed by atoms with Gasteiger partial charge in [0.15, 0.2) is 6.10 Å². The molecule has 0 aliphatic heterocycles. The topological polar surface area (TPSA) is 72.3 Å². The highest BCUT2D eigenvalue weighted by Crippen LogP contribution is 2.32. The Labute approximate surface area is 221 Å². The summed E-state index contributed by atoms with van der Waals surface area (Å²) in [5.41, 5.74) is 3.90. The number of pyridine rings is 2. The normalized spacial score (nSPS) is 10.9. The summed E-state index contributed by atoms with van der Waals surface area (Å²) in [4.78, 5) is 21.9. The average Bonchev–Trinajstić information content (AvgIpc) is 2.91. The third-order valence-electron chi connectivity index (χ3n) is 5.20. The van der Waals surface area contributed by atoms with Crippen LogP contribution in [0.25, 0.3) is 0 Å². The molecule has 4 rings (SSSR count). The zero-order valence-electron chi connectivity index (χ0n) is 20.4. The van der Waals surface area contributed by atoms with Gasteiger partial charge in [-0.1, -0.05) is 42.7 Å². The molecule has 2 heterocycles. The van der Waals surface area contributed by atoms with Crippen LogP contribution in [0.2, 0.25) is 0 Å². The largest absolute Gasteiger partial charge is 0.479 e. The Hall–Kier alpha value is -4.52. The zero-order chi connectivity index (χ0) is 26.0. The predicted molar refractivity (Wildman–Crippen MR) is 145 cm³/mol. The molecule has 1 unspecified atom stereocenters. The minimum absolute atomic E-state index is 0.389. The molecule has 0 fully saturated rings. The Morgan fingerprint density at radius 2 is 1.49 bits per heavy atom. The van der Waals surface area contributed by atoms with Gasteiger partial charge in [0.2, 0.25) is 0 Å². The quantitative estimate of drug-likeness (QED) is 0.326. The molecule has 1 atom stereocenters. The van der Waals surface area contributed by atoms with Gasteiger partial charge in [-0.15, -0.1) is 0 Å².